The first-order chi connectivity index (χ1) is 8.96. The number of rotatable bonds is 4. The highest BCUT2D eigenvalue weighted by atomic mass is 35.5. The van der Waals surface area contributed by atoms with Crippen molar-refractivity contribution >= 4 is 11.6 Å². The molecule has 0 N–H and O–H groups in total. The van der Waals surface area contributed by atoms with Gasteiger partial charge in [-0.05, 0) is 25.7 Å². The molecular weight excluding hydrogens is 281 g/mol. The summed E-state index contributed by atoms with van der Waals surface area (Å²) in [6.45, 7) is -1.31. The Morgan fingerprint density at radius 3 is 2.63 bits per heavy atom. The van der Waals surface area contributed by atoms with Gasteiger partial charge in [-0.2, -0.15) is 13.2 Å². The summed E-state index contributed by atoms with van der Waals surface area (Å²) in [4.78, 5) is 8.46. The molecule has 0 atom stereocenters. The Labute approximate surface area is 114 Å². The van der Waals surface area contributed by atoms with Crippen molar-refractivity contribution in [2.45, 2.75) is 38.3 Å². The Bertz CT molecular complexity index is 451. The van der Waals surface area contributed by atoms with E-state index in [0.717, 1.165) is 36.9 Å². The minimum Gasteiger partial charge on any atom is -0.372 e. The SMILES string of the molecule is FC(F)(F)COCCc1nc(Cl)c2c(n1)CCCC2. The van der Waals surface area contributed by atoms with E-state index >= 15 is 0 Å². The molecule has 0 aliphatic heterocycles. The van der Waals surface area contributed by atoms with E-state index in [1.165, 1.54) is 0 Å². The lowest BCUT2D eigenvalue weighted by molar-refractivity contribution is -0.173. The number of hydrogen-bond donors (Lipinski definition) is 0. The predicted molar refractivity (Wildman–Crippen MR) is 64.3 cm³/mol. The highest BCUT2D eigenvalue weighted by Crippen LogP contribution is 2.25. The molecule has 1 aliphatic rings. The molecule has 1 heterocycles. The quantitative estimate of drug-likeness (QED) is 0.632. The topological polar surface area (TPSA) is 35.0 Å². The second kappa shape index (κ2) is 6.05. The maximum atomic E-state index is 11.9. The molecule has 0 saturated heterocycles. The zero-order valence-electron chi connectivity index (χ0n) is 10.3. The fourth-order valence-corrected chi connectivity index (χ4v) is 2.36. The molecule has 1 aliphatic carbocycles. The monoisotopic (exact) mass is 294 g/mol. The predicted octanol–water partition coefficient (Wildman–Crippen LogP) is 3.13. The average Bonchev–Trinajstić information content (AvgIpc) is 2.34. The molecule has 19 heavy (non-hydrogen) atoms. The zero-order chi connectivity index (χ0) is 13.9. The van der Waals surface area contributed by atoms with Crippen LogP contribution in [0.1, 0.15) is 29.9 Å². The number of nitrogens with zero attached hydrogens (tertiary/aromatic N) is 2. The van der Waals surface area contributed by atoms with Gasteiger partial charge in [0.2, 0.25) is 0 Å². The first-order valence-corrected chi connectivity index (χ1v) is 6.52. The molecule has 0 spiro atoms. The third kappa shape index (κ3) is 4.31. The Balaban J connectivity index is 1.92. The molecular formula is C12H14ClF3N2O. The number of aryl methyl sites for hydroxylation is 1. The van der Waals surface area contributed by atoms with Crippen LogP contribution >= 0.6 is 11.6 Å². The van der Waals surface area contributed by atoms with Crippen molar-refractivity contribution in [2.75, 3.05) is 13.2 Å². The van der Waals surface area contributed by atoms with Gasteiger partial charge in [0, 0.05) is 17.7 Å². The maximum Gasteiger partial charge on any atom is 0.411 e. The molecule has 0 unspecified atom stereocenters. The molecule has 0 aromatic carbocycles. The molecule has 0 amide bonds. The summed E-state index contributed by atoms with van der Waals surface area (Å²) >= 11 is 6.06. The first kappa shape index (κ1) is 14.5. The van der Waals surface area contributed by atoms with Crippen LogP contribution in [0.15, 0.2) is 0 Å². The van der Waals surface area contributed by atoms with Crippen LogP contribution in [0, 0.1) is 0 Å². The molecule has 0 fully saturated rings. The van der Waals surface area contributed by atoms with Crippen molar-refractivity contribution in [3.8, 4) is 0 Å². The number of halogens is 4. The molecule has 0 bridgehead atoms. The average molecular weight is 295 g/mol. The van der Waals surface area contributed by atoms with E-state index in [4.69, 9.17) is 11.6 Å². The van der Waals surface area contributed by atoms with E-state index in [-0.39, 0.29) is 13.0 Å². The van der Waals surface area contributed by atoms with Gasteiger partial charge in [-0.1, -0.05) is 11.6 Å². The lowest BCUT2D eigenvalue weighted by atomic mass is 9.97. The first-order valence-electron chi connectivity index (χ1n) is 6.14. The van der Waals surface area contributed by atoms with Crippen molar-refractivity contribution in [1.82, 2.24) is 9.97 Å². The van der Waals surface area contributed by atoms with Crippen LogP contribution < -0.4 is 0 Å². The maximum absolute atomic E-state index is 11.9. The van der Waals surface area contributed by atoms with Crippen LogP contribution in [0.2, 0.25) is 5.15 Å². The summed E-state index contributed by atoms with van der Waals surface area (Å²) in [5, 5.41) is 0.426. The van der Waals surface area contributed by atoms with Crippen LogP contribution in [0.3, 0.4) is 0 Å². The van der Waals surface area contributed by atoms with Gasteiger partial charge < -0.3 is 4.74 Å². The lowest BCUT2D eigenvalue weighted by Gasteiger charge is -2.16. The Hall–Kier alpha value is -0.880. The number of hydrogen-bond acceptors (Lipinski definition) is 3. The van der Waals surface area contributed by atoms with Crippen LogP contribution in [0.5, 0.6) is 0 Å². The van der Waals surface area contributed by atoms with E-state index in [2.05, 4.69) is 14.7 Å². The molecule has 106 valence electrons. The number of fused-ring (bicyclic) bond motifs is 1. The molecule has 0 saturated carbocycles. The van der Waals surface area contributed by atoms with Crippen molar-refractivity contribution in [1.29, 1.82) is 0 Å². The van der Waals surface area contributed by atoms with E-state index in [1.807, 2.05) is 0 Å². The van der Waals surface area contributed by atoms with Crippen molar-refractivity contribution < 1.29 is 17.9 Å². The van der Waals surface area contributed by atoms with Gasteiger partial charge in [-0.25, -0.2) is 9.97 Å². The van der Waals surface area contributed by atoms with E-state index in [0.29, 0.717) is 11.0 Å². The largest absolute Gasteiger partial charge is 0.411 e. The summed E-state index contributed by atoms with van der Waals surface area (Å²) in [7, 11) is 0. The van der Waals surface area contributed by atoms with Crippen LogP contribution in [-0.2, 0) is 24.0 Å². The highest BCUT2D eigenvalue weighted by molar-refractivity contribution is 6.30. The smallest absolute Gasteiger partial charge is 0.372 e. The van der Waals surface area contributed by atoms with E-state index in [9.17, 15) is 13.2 Å². The van der Waals surface area contributed by atoms with Gasteiger partial charge in [0.25, 0.3) is 0 Å². The number of ether oxygens (including phenoxy) is 1. The molecule has 2 rings (SSSR count). The Kier molecular flexibility index (Phi) is 4.62. The van der Waals surface area contributed by atoms with Gasteiger partial charge in [-0.3, -0.25) is 0 Å². The summed E-state index contributed by atoms with van der Waals surface area (Å²) in [5.74, 6) is 0.452. The third-order valence-electron chi connectivity index (χ3n) is 2.91. The Morgan fingerprint density at radius 1 is 1.16 bits per heavy atom. The normalized spacial score (nSPS) is 15.4. The van der Waals surface area contributed by atoms with E-state index < -0.39 is 12.8 Å². The minimum absolute atomic E-state index is 0.0609. The zero-order valence-corrected chi connectivity index (χ0v) is 11.0. The Morgan fingerprint density at radius 2 is 1.89 bits per heavy atom. The van der Waals surface area contributed by atoms with Gasteiger partial charge in [0.1, 0.15) is 17.6 Å². The minimum atomic E-state index is -4.30. The molecule has 0 radical (unpaired) electrons. The highest BCUT2D eigenvalue weighted by Gasteiger charge is 2.27. The van der Waals surface area contributed by atoms with Gasteiger partial charge >= 0.3 is 6.18 Å². The molecule has 7 heteroatoms. The van der Waals surface area contributed by atoms with Crippen molar-refractivity contribution in [2.24, 2.45) is 0 Å². The van der Waals surface area contributed by atoms with E-state index in [1.54, 1.807) is 0 Å². The second-order valence-electron chi connectivity index (χ2n) is 4.48. The van der Waals surface area contributed by atoms with Gasteiger partial charge in [0.15, 0.2) is 0 Å². The second-order valence-corrected chi connectivity index (χ2v) is 4.84. The molecule has 1 aromatic rings. The summed E-state index contributed by atoms with van der Waals surface area (Å²) < 4.78 is 40.2. The molecule has 3 nitrogen and oxygen atoms in total. The van der Waals surface area contributed by atoms with Crippen LogP contribution in [0.25, 0.3) is 0 Å². The van der Waals surface area contributed by atoms with Crippen molar-refractivity contribution in [3.05, 3.63) is 22.2 Å². The lowest BCUT2D eigenvalue weighted by Crippen LogP contribution is -2.18. The van der Waals surface area contributed by atoms with Crippen LogP contribution in [0.4, 0.5) is 13.2 Å². The standard InChI is InChI=1S/C12H14ClF3N2O/c13-11-8-3-1-2-4-9(8)17-10(18-11)5-6-19-7-12(14,15)16/h1-7H2. The molecule has 1 aromatic heterocycles. The van der Waals surface area contributed by atoms with Gasteiger partial charge in [0.05, 0.1) is 6.61 Å². The fraction of sp³-hybridized carbons (Fsp3) is 0.667. The number of aromatic nitrogens is 2. The van der Waals surface area contributed by atoms with Crippen molar-refractivity contribution in [3.63, 3.8) is 0 Å². The van der Waals surface area contributed by atoms with Crippen LogP contribution in [-0.4, -0.2) is 29.4 Å². The summed E-state index contributed by atoms with van der Waals surface area (Å²) in [6.07, 6.45) is -0.196. The van der Waals surface area contributed by atoms with Gasteiger partial charge in [-0.15, -0.1) is 0 Å². The fourth-order valence-electron chi connectivity index (χ4n) is 2.06. The summed E-state index contributed by atoms with van der Waals surface area (Å²) in [6, 6.07) is 0. The summed E-state index contributed by atoms with van der Waals surface area (Å²) in [5.41, 5.74) is 1.91. The number of alkyl halides is 3. The third-order valence-corrected chi connectivity index (χ3v) is 3.23.